The highest BCUT2D eigenvalue weighted by Gasteiger charge is 2.37. The number of nitrogens with one attached hydrogen (secondary N) is 1. The van der Waals surface area contributed by atoms with E-state index < -0.39 is 18.1 Å². The summed E-state index contributed by atoms with van der Waals surface area (Å²) in [6, 6.07) is -1.63. The zero-order valence-corrected chi connectivity index (χ0v) is 12.7. The van der Waals surface area contributed by atoms with Crippen LogP contribution in [0.2, 0.25) is 0 Å². The molecule has 0 aromatic heterocycles. The van der Waals surface area contributed by atoms with E-state index in [9.17, 15) is 14.7 Å². The summed E-state index contributed by atoms with van der Waals surface area (Å²) in [5.74, 6) is -1.21. The van der Waals surface area contributed by atoms with E-state index in [1.54, 1.807) is 4.90 Å². The van der Waals surface area contributed by atoms with Crippen molar-refractivity contribution < 1.29 is 19.8 Å². The van der Waals surface area contributed by atoms with Gasteiger partial charge in [-0.1, -0.05) is 19.3 Å². The number of hydrogen-bond donors (Lipinski definition) is 3. The Morgan fingerprint density at radius 1 is 1.10 bits per heavy atom. The Labute approximate surface area is 125 Å². The summed E-state index contributed by atoms with van der Waals surface area (Å²) in [6.07, 6.45) is 7.31. The molecule has 2 atom stereocenters. The molecule has 0 aromatic rings. The van der Waals surface area contributed by atoms with Crippen LogP contribution in [0.4, 0.5) is 4.79 Å². The van der Waals surface area contributed by atoms with Gasteiger partial charge in [-0.05, 0) is 38.0 Å². The van der Waals surface area contributed by atoms with E-state index in [1.165, 1.54) is 39.0 Å². The van der Waals surface area contributed by atoms with Crippen LogP contribution < -0.4 is 5.32 Å². The summed E-state index contributed by atoms with van der Waals surface area (Å²) in [5, 5.41) is 20.8. The SMILES string of the molecule is CC(O)C(NC(=O)N1CCC2(CCCCC2)CC1)C(=O)O. The molecule has 2 unspecified atom stereocenters. The first-order valence-corrected chi connectivity index (χ1v) is 7.90. The molecular weight excluding hydrogens is 272 g/mol. The van der Waals surface area contributed by atoms with Crippen LogP contribution in [0.1, 0.15) is 51.9 Å². The van der Waals surface area contributed by atoms with Gasteiger partial charge >= 0.3 is 12.0 Å². The fraction of sp³-hybridized carbons (Fsp3) is 0.867. The van der Waals surface area contributed by atoms with Crippen molar-refractivity contribution in [2.24, 2.45) is 5.41 Å². The number of nitrogens with zero attached hydrogens (tertiary/aromatic N) is 1. The quantitative estimate of drug-likeness (QED) is 0.738. The number of urea groups is 1. The molecule has 120 valence electrons. The minimum absolute atomic E-state index is 0.381. The van der Waals surface area contributed by atoms with E-state index in [0.29, 0.717) is 18.5 Å². The monoisotopic (exact) mass is 298 g/mol. The van der Waals surface area contributed by atoms with Crippen LogP contribution in [0, 0.1) is 5.41 Å². The van der Waals surface area contributed by atoms with E-state index in [2.05, 4.69) is 5.32 Å². The Kier molecular flexibility index (Phi) is 5.08. The molecule has 2 rings (SSSR count). The van der Waals surface area contributed by atoms with Gasteiger partial charge in [0.2, 0.25) is 0 Å². The fourth-order valence-electron chi connectivity index (χ4n) is 3.60. The molecule has 2 fully saturated rings. The molecule has 1 aliphatic heterocycles. The van der Waals surface area contributed by atoms with E-state index in [4.69, 9.17) is 5.11 Å². The largest absolute Gasteiger partial charge is 0.480 e. The molecule has 1 saturated carbocycles. The van der Waals surface area contributed by atoms with Gasteiger partial charge < -0.3 is 20.4 Å². The van der Waals surface area contributed by atoms with Crippen LogP contribution in [-0.4, -0.2) is 52.3 Å². The minimum Gasteiger partial charge on any atom is -0.480 e. The van der Waals surface area contributed by atoms with Crippen LogP contribution >= 0.6 is 0 Å². The average molecular weight is 298 g/mol. The maximum absolute atomic E-state index is 12.1. The van der Waals surface area contributed by atoms with Crippen molar-refractivity contribution in [2.45, 2.75) is 64.0 Å². The number of aliphatic hydroxyl groups excluding tert-OH is 1. The minimum atomic E-state index is -1.25. The molecule has 6 nitrogen and oxygen atoms in total. The third-order valence-corrected chi connectivity index (χ3v) is 5.05. The molecule has 6 heteroatoms. The second-order valence-corrected chi connectivity index (χ2v) is 6.55. The number of carboxylic acids is 1. The highest BCUT2D eigenvalue weighted by Crippen LogP contribution is 2.44. The van der Waals surface area contributed by atoms with Crippen molar-refractivity contribution in [1.29, 1.82) is 0 Å². The molecule has 0 bridgehead atoms. The van der Waals surface area contributed by atoms with E-state index in [0.717, 1.165) is 12.8 Å². The van der Waals surface area contributed by atoms with Gasteiger partial charge in [-0.15, -0.1) is 0 Å². The molecule has 0 aromatic carbocycles. The maximum atomic E-state index is 12.1. The summed E-state index contributed by atoms with van der Waals surface area (Å²) in [7, 11) is 0. The van der Waals surface area contributed by atoms with E-state index >= 15 is 0 Å². The van der Waals surface area contributed by atoms with Gasteiger partial charge in [-0.2, -0.15) is 0 Å². The predicted molar refractivity (Wildman–Crippen MR) is 78.0 cm³/mol. The molecule has 0 radical (unpaired) electrons. The van der Waals surface area contributed by atoms with Crippen molar-refractivity contribution in [3.05, 3.63) is 0 Å². The molecule has 1 aliphatic carbocycles. The van der Waals surface area contributed by atoms with Crippen molar-refractivity contribution in [2.75, 3.05) is 13.1 Å². The van der Waals surface area contributed by atoms with Gasteiger partial charge in [0.1, 0.15) is 0 Å². The lowest BCUT2D eigenvalue weighted by Gasteiger charge is -2.44. The Morgan fingerprint density at radius 3 is 2.14 bits per heavy atom. The van der Waals surface area contributed by atoms with Crippen LogP contribution in [-0.2, 0) is 4.79 Å². The second kappa shape index (κ2) is 6.64. The fourth-order valence-corrected chi connectivity index (χ4v) is 3.60. The van der Waals surface area contributed by atoms with Crippen molar-refractivity contribution >= 4 is 12.0 Å². The Morgan fingerprint density at radius 2 is 1.67 bits per heavy atom. The maximum Gasteiger partial charge on any atom is 0.328 e. The number of rotatable bonds is 3. The Balaban J connectivity index is 1.86. The second-order valence-electron chi connectivity index (χ2n) is 6.55. The molecule has 3 N–H and O–H groups in total. The summed E-state index contributed by atoms with van der Waals surface area (Å²) < 4.78 is 0. The highest BCUT2D eigenvalue weighted by molar-refractivity contribution is 5.83. The molecule has 1 spiro atoms. The summed E-state index contributed by atoms with van der Waals surface area (Å²) in [6.45, 7) is 2.72. The molecule has 1 heterocycles. The van der Waals surface area contributed by atoms with Crippen molar-refractivity contribution in [3.63, 3.8) is 0 Å². The van der Waals surface area contributed by atoms with Gasteiger partial charge in [-0.25, -0.2) is 9.59 Å². The van der Waals surface area contributed by atoms with Crippen LogP contribution in [0.3, 0.4) is 0 Å². The van der Waals surface area contributed by atoms with Gasteiger partial charge in [0.05, 0.1) is 6.10 Å². The van der Waals surface area contributed by atoms with Crippen molar-refractivity contribution in [1.82, 2.24) is 10.2 Å². The van der Waals surface area contributed by atoms with Gasteiger partial charge in [0, 0.05) is 13.1 Å². The molecule has 2 aliphatic rings. The molecule has 21 heavy (non-hydrogen) atoms. The Bertz CT molecular complexity index is 381. The third-order valence-electron chi connectivity index (χ3n) is 5.05. The zero-order chi connectivity index (χ0) is 15.5. The first-order valence-electron chi connectivity index (χ1n) is 7.90. The number of amides is 2. The third kappa shape index (κ3) is 3.87. The lowest BCUT2D eigenvalue weighted by atomic mass is 9.68. The molecular formula is C15H26N2O4. The molecule has 1 saturated heterocycles. The predicted octanol–water partition coefficient (Wildman–Crippen LogP) is 1.58. The summed E-state index contributed by atoms with van der Waals surface area (Å²) in [5.41, 5.74) is 0.408. The zero-order valence-electron chi connectivity index (χ0n) is 12.7. The smallest absolute Gasteiger partial charge is 0.328 e. The standard InChI is InChI=1S/C15H26N2O4/c1-11(18)12(13(19)20)16-14(21)17-9-7-15(8-10-17)5-3-2-4-6-15/h11-12,18H,2-10H2,1H3,(H,16,21)(H,19,20). The number of likely N-dealkylation sites (tertiary alicyclic amines) is 1. The number of piperidine rings is 1. The van der Waals surface area contributed by atoms with Crippen molar-refractivity contribution in [3.8, 4) is 0 Å². The van der Waals surface area contributed by atoms with E-state index in [-0.39, 0.29) is 6.03 Å². The number of carbonyl (C=O) groups is 2. The number of carboxylic acid groups (broad SMARTS) is 1. The summed E-state index contributed by atoms with van der Waals surface area (Å²) in [4.78, 5) is 24.8. The normalized spacial score (nSPS) is 24.4. The van der Waals surface area contributed by atoms with Crippen LogP contribution in [0.15, 0.2) is 0 Å². The first-order chi connectivity index (χ1) is 9.93. The summed E-state index contributed by atoms with van der Waals surface area (Å²) >= 11 is 0. The number of aliphatic carboxylic acids is 1. The van der Waals surface area contributed by atoms with E-state index in [1.807, 2.05) is 0 Å². The highest BCUT2D eigenvalue weighted by atomic mass is 16.4. The lowest BCUT2D eigenvalue weighted by Crippen LogP contribution is -2.54. The van der Waals surface area contributed by atoms with Crippen LogP contribution in [0.25, 0.3) is 0 Å². The molecule has 2 amide bonds. The number of carbonyl (C=O) groups excluding carboxylic acids is 1. The first kappa shape index (κ1) is 16.1. The van der Waals surface area contributed by atoms with Gasteiger partial charge in [0.15, 0.2) is 6.04 Å². The van der Waals surface area contributed by atoms with Gasteiger partial charge in [-0.3, -0.25) is 0 Å². The lowest BCUT2D eigenvalue weighted by molar-refractivity contribution is -0.141. The topological polar surface area (TPSA) is 89.9 Å². The Hall–Kier alpha value is -1.30. The average Bonchev–Trinajstić information content (AvgIpc) is 2.45. The van der Waals surface area contributed by atoms with Gasteiger partial charge in [0.25, 0.3) is 0 Å². The number of hydrogen-bond acceptors (Lipinski definition) is 3. The van der Waals surface area contributed by atoms with Crippen LogP contribution in [0.5, 0.6) is 0 Å². The number of aliphatic hydroxyl groups is 1.